The topological polar surface area (TPSA) is 63.2 Å². The van der Waals surface area contributed by atoms with Crippen molar-refractivity contribution in [3.8, 4) is 0 Å². The number of carbonyl (C=O) groups is 1. The maximum atomic E-state index is 12.8. The summed E-state index contributed by atoms with van der Waals surface area (Å²) in [7, 11) is 0. The van der Waals surface area contributed by atoms with Gasteiger partial charge in [-0.05, 0) is 70.6 Å². The molecule has 0 aromatic rings. The molecule has 6 rings (SSSR count). The van der Waals surface area contributed by atoms with Gasteiger partial charge in [-0.1, -0.05) is 46.1 Å². The van der Waals surface area contributed by atoms with Gasteiger partial charge in [-0.25, -0.2) is 4.79 Å². The Morgan fingerprint density at radius 2 is 1.18 bits per heavy atom. The summed E-state index contributed by atoms with van der Waals surface area (Å²) >= 11 is 0. The third-order valence-corrected chi connectivity index (χ3v) is 10.8. The van der Waals surface area contributed by atoms with Gasteiger partial charge in [0.2, 0.25) is 0 Å². The lowest BCUT2D eigenvalue weighted by Gasteiger charge is -2.64. The number of carbonyl (C=O) groups excluding carboxylic acids is 1. The van der Waals surface area contributed by atoms with Crippen LogP contribution in [0, 0.1) is 16.7 Å². The monoisotopic (exact) mass is 560 g/mol. The zero-order valence-corrected chi connectivity index (χ0v) is 25.8. The first-order valence-corrected chi connectivity index (χ1v) is 16.5. The molecule has 6 heteroatoms. The van der Waals surface area contributed by atoms with E-state index in [0.717, 1.165) is 91.0 Å². The number of ether oxygens (including phenoxy) is 5. The molecule has 228 valence electrons. The van der Waals surface area contributed by atoms with Crippen LogP contribution in [0.4, 0.5) is 0 Å². The first-order valence-electron chi connectivity index (χ1n) is 16.5. The largest absolute Gasteiger partial charge is 0.455 e. The van der Waals surface area contributed by atoms with Gasteiger partial charge in [0.25, 0.3) is 0 Å². The normalized spacial score (nSPS) is 34.7. The van der Waals surface area contributed by atoms with Crippen LogP contribution in [0.15, 0.2) is 12.2 Å². The molecule has 6 aliphatic rings. The smallest absolute Gasteiger partial charge is 0.333 e. The zero-order chi connectivity index (χ0) is 28.3. The second-order valence-corrected chi connectivity index (χ2v) is 14.8. The quantitative estimate of drug-likeness (QED) is 0.0994. The predicted molar refractivity (Wildman–Crippen MR) is 156 cm³/mol. The van der Waals surface area contributed by atoms with Crippen molar-refractivity contribution in [1.82, 2.24) is 0 Å². The SMILES string of the molecule is C=C(C)C(=O)OC12CC3CC(OCCCCC4(CCC)COC4)(CC(OCCCCC4(CCC)COC4)(C3)C1)C2. The molecule has 0 N–H and O–H groups in total. The Morgan fingerprint density at radius 3 is 1.57 bits per heavy atom. The van der Waals surface area contributed by atoms with Crippen LogP contribution in [0.25, 0.3) is 0 Å². The molecule has 6 fully saturated rings. The molecule has 2 aliphatic heterocycles. The highest BCUT2D eigenvalue weighted by Crippen LogP contribution is 2.63. The molecule has 0 aromatic heterocycles. The second kappa shape index (κ2) is 12.3. The highest BCUT2D eigenvalue weighted by Gasteiger charge is 2.66. The fraction of sp³-hybridized carbons (Fsp3) is 0.912. The zero-order valence-electron chi connectivity index (χ0n) is 25.8. The van der Waals surface area contributed by atoms with Gasteiger partial charge < -0.3 is 23.7 Å². The average molecular weight is 561 g/mol. The van der Waals surface area contributed by atoms with Crippen LogP contribution >= 0.6 is 0 Å². The lowest BCUT2D eigenvalue weighted by molar-refractivity contribution is -0.284. The van der Waals surface area contributed by atoms with Gasteiger partial charge in [0.15, 0.2) is 0 Å². The highest BCUT2D eigenvalue weighted by molar-refractivity contribution is 5.87. The van der Waals surface area contributed by atoms with Crippen LogP contribution in [0.3, 0.4) is 0 Å². The van der Waals surface area contributed by atoms with Gasteiger partial charge in [0.05, 0.1) is 37.6 Å². The molecule has 40 heavy (non-hydrogen) atoms. The molecule has 2 unspecified atom stereocenters. The fourth-order valence-corrected chi connectivity index (χ4v) is 9.35. The molecule has 6 nitrogen and oxygen atoms in total. The summed E-state index contributed by atoms with van der Waals surface area (Å²) in [5.41, 5.74) is 0.320. The van der Waals surface area contributed by atoms with Crippen molar-refractivity contribution in [3.63, 3.8) is 0 Å². The van der Waals surface area contributed by atoms with E-state index >= 15 is 0 Å². The van der Waals surface area contributed by atoms with Gasteiger partial charge in [-0.3, -0.25) is 0 Å². The van der Waals surface area contributed by atoms with E-state index < -0.39 is 5.60 Å². The summed E-state index contributed by atoms with van der Waals surface area (Å²) in [4.78, 5) is 12.8. The molecule has 0 spiro atoms. The first kappa shape index (κ1) is 30.5. The fourth-order valence-electron chi connectivity index (χ4n) is 9.35. The molecular weight excluding hydrogens is 504 g/mol. The van der Waals surface area contributed by atoms with Crippen molar-refractivity contribution in [2.24, 2.45) is 16.7 Å². The maximum absolute atomic E-state index is 12.8. The highest BCUT2D eigenvalue weighted by atomic mass is 16.6. The second-order valence-electron chi connectivity index (χ2n) is 14.8. The summed E-state index contributed by atoms with van der Waals surface area (Å²) < 4.78 is 31.1. The lowest BCUT2D eigenvalue weighted by Crippen LogP contribution is -2.68. The van der Waals surface area contributed by atoms with E-state index in [9.17, 15) is 4.79 Å². The van der Waals surface area contributed by atoms with E-state index in [1.807, 2.05) is 0 Å². The van der Waals surface area contributed by atoms with Crippen LogP contribution in [0.2, 0.25) is 0 Å². The van der Waals surface area contributed by atoms with E-state index in [4.69, 9.17) is 23.7 Å². The maximum Gasteiger partial charge on any atom is 0.333 e. The van der Waals surface area contributed by atoms with E-state index in [1.165, 1.54) is 51.4 Å². The van der Waals surface area contributed by atoms with Gasteiger partial charge in [-0.2, -0.15) is 0 Å². The minimum absolute atomic E-state index is 0.246. The van der Waals surface area contributed by atoms with E-state index in [1.54, 1.807) is 6.92 Å². The van der Waals surface area contributed by atoms with Crippen molar-refractivity contribution in [2.45, 2.75) is 140 Å². The summed E-state index contributed by atoms with van der Waals surface area (Å²) in [6, 6.07) is 0. The molecule has 0 amide bonds. The van der Waals surface area contributed by atoms with E-state index in [-0.39, 0.29) is 17.2 Å². The van der Waals surface area contributed by atoms with Crippen LogP contribution in [-0.4, -0.2) is 62.4 Å². The Morgan fingerprint density at radius 1 is 0.725 bits per heavy atom. The molecule has 0 radical (unpaired) electrons. The van der Waals surface area contributed by atoms with Crippen LogP contribution in [-0.2, 0) is 28.5 Å². The summed E-state index contributed by atoms with van der Waals surface area (Å²) in [5, 5.41) is 0. The minimum atomic E-state index is -0.488. The predicted octanol–water partition coefficient (Wildman–Crippen LogP) is 7.33. The average Bonchev–Trinajstić information content (AvgIpc) is 2.83. The van der Waals surface area contributed by atoms with Gasteiger partial charge >= 0.3 is 5.97 Å². The number of hydrogen-bond donors (Lipinski definition) is 0. The number of esters is 1. The molecule has 2 atom stereocenters. The Labute approximate surface area is 243 Å². The Bertz CT molecular complexity index is 839. The number of rotatable bonds is 18. The standard InChI is InChI=1S/C34H56O6/c1-5-11-30(23-36-24-30)13-7-9-15-38-32-17-28-18-33(20-32,22-34(19-28,21-32)40-29(35)27(3)4)39-16-10-8-14-31(12-6-2)25-37-26-31/h28H,3,5-26H2,1-2,4H3. The van der Waals surface area contributed by atoms with Crippen molar-refractivity contribution >= 4 is 5.97 Å². The molecule has 2 saturated heterocycles. The van der Waals surface area contributed by atoms with Crippen molar-refractivity contribution < 1.29 is 28.5 Å². The van der Waals surface area contributed by atoms with Gasteiger partial charge in [-0.15, -0.1) is 0 Å². The third kappa shape index (κ3) is 6.66. The molecule has 4 bridgehead atoms. The third-order valence-electron chi connectivity index (χ3n) is 10.8. The Hall–Kier alpha value is -0.950. The van der Waals surface area contributed by atoms with Gasteiger partial charge in [0.1, 0.15) is 5.60 Å². The first-order chi connectivity index (χ1) is 19.2. The Balaban J connectivity index is 1.18. The van der Waals surface area contributed by atoms with Crippen LogP contribution < -0.4 is 0 Å². The summed E-state index contributed by atoms with van der Waals surface area (Å²) in [6.45, 7) is 15.4. The summed E-state index contributed by atoms with van der Waals surface area (Å²) in [5.74, 6) is 0.217. The minimum Gasteiger partial charge on any atom is -0.455 e. The molecule has 4 saturated carbocycles. The van der Waals surface area contributed by atoms with Crippen molar-refractivity contribution in [3.05, 3.63) is 12.2 Å². The van der Waals surface area contributed by atoms with Crippen molar-refractivity contribution in [1.29, 1.82) is 0 Å². The molecular formula is C34H56O6. The van der Waals surface area contributed by atoms with E-state index in [0.29, 0.717) is 22.3 Å². The van der Waals surface area contributed by atoms with Crippen LogP contribution in [0.1, 0.15) is 124 Å². The van der Waals surface area contributed by atoms with Gasteiger partial charge in [0, 0.05) is 48.9 Å². The summed E-state index contributed by atoms with van der Waals surface area (Å²) in [6.07, 6.45) is 17.6. The van der Waals surface area contributed by atoms with E-state index in [2.05, 4.69) is 20.4 Å². The van der Waals surface area contributed by atoms with Crippen molar-refractivity contribution in [2.75, 3.05) is 39.6 Å². The lowest BCUT2D eigenvalue weighted by atomic mass is 9.50. The Kier molecular flexibility index (Phi) is 9.41. The number of hydrogen-bond acceptors (Lipinski definition) is 6. The number of unbranched alkanes of at least 4 members (excludes halogenated alkanes) is 2. The molecule has 0 aromatic carbocycles. The molecule has 4 aliphatic carbocycles. The molecule has 2 heterocycles. The van der Waals surface area contributed by atoms with Crippen LogP contribution in [0.5, 0.6) is 0 Å².